The highest BCUT2D eigenvalue weighted by Gasteiger charge is 2.31. The topological polar surface area (TPSA) is 65.2 Å². The maximum Gasteiger partial charge on any atom is 0.228 e. The van der Waals surface area contributed by atoms with Crippen molar-refractivity contribution < 1.29 is 9.59 Å². The molecule has 1 aromatic heterocycles. The molecule has 2 heterocycles. The number of amides is 1. The molecule has 0 spiro atoms. The third-order valence-corrected chi connectivity index (χ3v) is 5.65. The Hall–Kier alpha value is -2.92. The van der Waals surface area contributed by atoms with Crippen LogP contribution in [0, 0.1) is 5.92 Å². The molecule has 2 N–H and O–H groups in total. The number of hydrogen-bond donors (Lipinski definition) is 2. The summed E-state index contributed by atoms with van der Waals surface area (Å²) in [7, 11) is 0. The summed E-state index contributed by atoms with van der Waals surface area (Å²) in [6.07, 6.45) is 3.56. The van der Waals surface area contributed by atoms with Crippen molar-refractivity contribution in [3.63, 3.8) is 0 Å². The van der Waals surface area contributed by atoms with Gasteiger partial charge < -0.3 is 10.3 Å². The Bertz CT molecular complexity index is 980. The van der Waals surface area contributed by atoms with Gasteiger partial charge >= 0.3 is 0 Å². The molecule has 2 aromatic carbocycles. The molecule has 5 heteroatoms. The van der Waals surface area contributed by atoms with Crippen LogP contribution in [-0.4, -0.2) is 40.7 Å². The van der Waals surface area contributed by atoms with Crippen LogP contribution in [0.1, 0.15) is 30.1 Å². The fraction of sp³-hybridized carbons (Fsp3) is 0.304. The molecule has 144 valence electrons. The Kier molecular flexibility index (Phi) is 5.26. The Morgan fingerprint density at radius 1 is 1.11 bits per heavy atom. The first-order chi connectivity index (χ1) is 13.6. The van der Waals surface area contributed by atoms with E-state index in [1.165, 1.54) is 0 Å². The average Bonchev–Trinajstić information content (AvgIpc) is 3.17. The third-order valence-electron chi connectivity index (χ3n) is 5.65. The minimum absolute atomic E-state index is 0.0302. The standard InChI is InChI=1S/C23H25N3O2/c1-16(22(27)20-14-24-21-12-6-5-11-19(20)21)26-13-7-8-17(15-26)23(28)25-18-9-3-2-4-10-18/h2-6,9-12,14,16-17,24H,7-8,13,15H2,1H3,(H,25,28)/t16-,17-/m1/s1. The number of rotatable bonds is 5. The number of carbonyl (C=O) groups is 2. The Labute approximate surface area is 164 Å². The highest BCUT2D eigenvalue weighted by molar-refractivity contribution is 6.10. The van der Waals surface area contributed by atoms with Gasteiger partial charge in [0.1, 0.15) is 0 Å². The van der Waals surface area contributed by atoms with E-state index in [0.29, 0.717) is 6.54 Å². The molecule has 0 aliphatic carbocycles. The van der Waals surface area contributed by atoms with Crippen molar-refractivity contribution in [2.24, 2.45) is 5.92 Å². The highest BCUT2D eigenvalue weighted by Crippen LogP contribution is 2.24. The molecule has 1 saturated heterocycles. The molecule has 5 nitrogen and oxygen atoms in total. The number of aromatic nitrogens is 1. The van der Waals surface area contributed by atoms with Crippen molar-refractivity contribution in [2.45, 2.75) is 25.8 Å². The Morgan fingerprint density at radius 3 is 2.68 bits per heavy atom. The van der Waals surface area contributed by atoms with Gasteiger partial charge in [0.15, 0.2) is 5.78 Å². The van der Waals surface area contributed by atoms with E-state index >= 15 is 0 Å². The second-order valence-corrected chi connectivity index (χ2v) is 7.48. The summed E-state index contributed by atoms with van der Waals surface area (Å²) >= 11 is 0. The van der Waals surface area contributed by atoms with Crippen LogP contribution in [-0.2, 0) is 4.79 Å². The van der Waals surface area contributed by atoms with Gasteiger partial charge in [-0.2, -0.15) is 0 Å². The van der Waals surface area contributed by atoms with Crippen LogP contribution in [0.25, 0.3) is 10.9 Å². The lowest BCUT2D eigenvalue weighted by Crippen LogP contribution is -2.47. The molecule has 1 fully saturated rings. The van der Waals surface area contributed by atoms with E-state index in [-0.39, 0.29) is 23.7 Å². The number of hydrogen-bond acceptors (Lipinski definition) is 3. The van der Waals surface area contributed by atoms with Crippen LogP contribution in [0.5, 0.6) is 0 Å². The van der Waals surface area contributed by atoms with Gasteiger partial charge in [0.25, 0.3) is 0 Å². The van der Waals surface area contributed by atoms with Crippen LogP contribution < -0.4 is 5.32 Å². The first-order valence-electron chi connectivity index (χ1n) is 9.84. The summed E-state index contributed by atoms with van der Waals surface area (Å²) in [4.78, 5) is 31.1. The second kappa shape index (κ2) is 7.98. The summed E-state index contributed by atoms with van der Waals surface area (Å²) < 4.78 is 0. The third kappa shape index (κ3) is 3.71. The average molecular weight is 375 g/mol. The number of anilines is 1. The van der Waals surface area contributed by atoms with Crippen LogP contribution in [0.2, 0.25) is 0 Å². The Morgan fingerprint density at radius 2 is 1.86 bits per heavy atom. The zero-order valence-electron chi connectivity index (χ0n) is 16.0. The highest BCUT2D eigenvalue weighted by atomic mass is 16.2. The molecule has 0 radical (unpaired) electrons. The lowest BCUT2D eigenvalue weighted by Gasteiger charge is -2.35. The van der Waals surface area contributed by atoms with Gasteiger partial charge in [0.2, 0.25) is 5.91 Å². The fourth-order valence-corrected chi connectivity index (χ4v) is 4.00. The second-order valence-electron chi connectivity index (χ2n) is 7.48. The number of carbonyl (C=O) groups excluding carboxylic acids is 2. The summed E-state index contributed by atoms with van der Waals surface area (Å²) in [6, 6.07) is 17.1. The van der Waals surface area contributed by atoms with Gasteiger partial charge in [-0.1, -0.05) is 36.4 Å². The van der Waals surface area contributed by atoms with E-state index in [1.54, 1.807) is 6.20 Å². The van der Waals surface area contributed by atoms with E-state index in [0.717, 1.165) is 41.5 Å². The first kappa shape index (κ1) is 18.4. The largest absolute Gasteiger partial charge is 0.360 e. The van der Waals surface area contributed by atoms with Crippen molar-refractivity contribution in [1.29, 1.82) is 0 Å². The summed E-state index contributed by atoms with van der Waals surface area (Å²) in [5.41, 5.74) is 2.50. The number of para-hydroxylation sites is 2. The van der Waals surface area contributed by atoms with E-state index in [4.69, 9.17) is 0 Å². The SMILES string of the molecule is C[C@H](C(=O)c1c[nH]c2ccccc12)N1CCC[C@@H](C(=O)Nc2ccccc2)C1. The quantitative estimate of drug-likeness (QED) is 0.660. The summed E-state index contributed by atoms with van der Waals surface area (Å²) in [6.45, 7) is 3.39. The predicted octanol–water partition coefficient (Wildman–Crippen LogP) is 4.09. The van der Waals surface area contributed by atoms with Crippen molar-refractivity contribution in [2.75, 3.05) is 18.4 Å². The van der Waals surface area contributed by atoms with Gasteiger partial charge in [-0.3, -0.25) is 14.5 Å². The molecule has 4 rings (SSSR count). The predicted molar refractivity (Wildman–Crippen MR) is 111 cm³/mol. The van der Waals surface area contributed by atoms with Crippen molar-refractivity contribution in [3.05, 3.63) is 66.4 Å². The number of nitrogens with one attached hydrogen (secondary N) is 2. The number of benzene rings is 2. The molecule has 0 unspecified atom stereocenters. The van der Waals surface area contributed by atoms with Gasteiger partial charge in [-0.05, 0) is 44.5 Å². The first-order valence-corrected chi connectivity index (χ1v) is 9.84. The van der Waals surface area contributed by atoms with Gasteiger partial charge in [-0.25, -0.2) is 0 Å². The normalized spacial score (nSPS) is 18.7. The molecular weight excluding hydrogens is 350 g/mol. The summed E-state index contributed by atoms with van der Waals surface area (Å²) in [5.74, 6) is 0.0244. The molecule has 0 bridgehead atoms. The van der Waals surface area contributed by atoms with Gasteiger partial charge in [0, 0.05) is 34.9 Å². The van der Waals surface area contributed by atoms with Crippen molar-refractivity contribution in [1.82, 2.24) is 9.88 Å². The van der Waals surface area contributed by atoms with Crippen LogP contribution in [0.3, 0.4) is 0 Å². The lowest BCUT2D eigenvalue weighted by atomic mass is 9.94. The van der Waals surface area contributed by atoms with Gasteiger partial charge in [-0.15, -0.1) is 0 Å². The van der Waals surface area contributed by atoms with E-state index < -0.39 is 0 Å². The summed E-state index contributed by atoms with van der Waals surface area (Å²) in [5, 5.41) is 3.95. The molecule has 2 atom stereocenters. The number of Topliss-reactive ketones (excluding diaryl/α,β-unsaturated/α-hetero) is 1. The molecule has 1 amide bonds. The lowest BCUT2D eigenvalue weighted by molar-refractivity contribution is -0.121. The van der Waals surface area contributed by atoms with Crippen molar-refractivity contribution >= 4 is 28.3 Å². The number of ketones is 1. The number of likely N-dealkylation sites (tertiary alicyclic amines) is 1. The fourth-order valence-electron chi connectivity index (χ4n) is 4.00. The molecule has 0 saturated carbocycles. The van der Waals surface area contributed by atoms with Crippen LogP contribution in [0.4, 0.5) is 5.69 Å². The number of H-pyrrole nitrogens is 1. The molecule has 1 aliphatic rings. The molecule has 3 aromatic rings. The minimum Gasteiger partial charge on any atom is -0.360 e. The smallest absolute Gasteiger partial charge is 0.228 e. The monoisotopic (exact) mass is 375 g/mol. The van der Waals surface area contributed by atoms with Crippen molar-refractivity contribution in [3.8, 4) is 0 Å². The molecule has 1 aliphatic heterocycles. The van der Waals surface area contributed by atoms with Gasteiger partial charge in [0.05, 0.1) is 12.0 Å². The number of fused-ring (bicyclic) bond motifs is 1. The van der Waals surface area contributed by atoms with Crippen LogP contribution >= 0.6 is 0 Å². The number of piperidine rings is 1. The minimum atomic E-state index is -0.258. The van der Waals surface area contributed by atoms with Crippen LogP contribution in [0.15, 0.2) is 60.8 Å². The maximum absolute atomic E-state index is 13.1. The van der Waals surface area contributed by atoms with E-state index in [9.17, 15) is 9.59 Å². The van der Waals surface area contributed by atoms with E-state index in [1.807, 2.05) is 61.5 Å². The molecule has 28 heavy (non-hydrogen) atoms. The zero-order valence-corrected chi connectivity index (χ0v) is 16.0. The maximum atomic E-state index is 13.1. The Balaban J connectivity index is 1.45. The zero-order chi connectivity index (χ0) is 19.5. The number of aromatic amines is 1. The number of nitrogens with zero attached hydrogens (tertiary/aromatic N) is 1. The van der Waals surface area contributed by atoms with E-state index in [2.05, 4.69) is 15.2 Å². The molecular formula is C23H25N3O2.